The maximum atomic E-state index is 10.7. The molecule has 2 amide bonds. The molecule has 0 aliphatic heterocycles. The van der Waals surface area contributed by atoms with Gasteiger partial charge in [0.05, 0.1) is 6.26 Å². The van der Waals surface area contributed by atoms with E-state index < -0.39 is 12.0 Å². The standard InChI is InChI=1S/C6H5NO4/c8-5(7-6(9)10)4-2-1-3-11-4/h1-3H,(H,7,8)(H,9,10). The molecule has 5 heteroatoms. The Morgan fingerprint density at radius 1 is 1.55 bits per heavy atom. The molecular formula is C6H5NO4. The molecule has 1 aromatic heterocycles. The van der Waals surface area contributed by atoms with Crippen LogP contribution in [0.2, 0.25) is 0 Å². The number of hydrogen-bond acceptors (Lipinski definition) is 3. The summed E-state index contributed by atoms with van der Waals surface area (Å²) in [5.41, 5.74) is 0. The van der Waals surface area contributed by atoms with Crippen LogP contribution < -0.4 is 5.32 Å². The molecule has 0 bridgehead atoms. The summed E-state index contributed by atoms with van der Waals surface area (Å²) in [5, 5.41) is 9.74. The first-order chi connectivity index (χ1) is 5.20. The number of carbonyl (C=O) groups excluding carboxylic acids is 1. The number of rotatable bonds is 1. The summed E-state index contributed by atoms with van der Waals surface area (Å²) in [7, 11) is 0. The van der Waals surface area contributed by atoms with Gasteiger partial charge in [-0.2, -0.15) is 0 Å². The predicted octanol–water partition coefficient (Wildman–Crippen LogP) is 0.687. The van der Waals surface area contributed by atoms with Gasteiger partial charge in [0.2, 0.25) is 0 Å². The summed E-state index contributed by atoms with van der Waals surface area (Å²) >= 11 is 0. The summed E-state index contributed by atoms with van der Waals surface area (Å²) < 4.78 is 4.62. The van der Waals surface area contributed by atoms with Crippen molar-refractivity contribution in [1.82, 2.24) is 5.32 Å². The van der Waals surface area contributed by atoms with E-state index in [1.165, 1.54) is 18.4 Å². The molecule has 1 rings (SSSR count). The average molecular weight is 155 g/mol. The first-order valence-electron chi connectivity index (χ1n) is 2.78. The molecule has 0 aromatic carbocycles. The van der Waals surface area contributed by atoms with E-state index in [0.29, 0.717) is 0 Å². The number of hydrogen-bond donors (Lipinski definition) is 2. The highest BCUT2D eigenvalue weighted by atomic mass is 16.4. The molecule has 2 N–H and O–H groups in total. The number of carboxylic acid groups (broad SMARTS) is 1. The first kappa shape index (κ1) is 7.33. The molecule has 0 saturated heterocycles. The zero-order valence-corrected chi connectivity index (χ0v) is 5.40. The van der Waals surface area contributed by atoms with Crippen molar-refractivity contribution in [3.8, 4) is 0 Å². The Balaban J connectivity index is 2.64. The Bertz CT molecular complexity index is 264. The third-order valence-corrected chi connectivity index (χ3v) is 0.965. The zero-order valence-electron chi connectivity index (χ0n) is 5.40. The van der Waals surface area contributed by atoms with Crippen LogP contribution in [-0.4, -0.2) is 17.1 Å². The fraction of sp³-hybridized carbons (Fsp3) is 0. The highest BCUT2D eigenvalue weighted by molar-refractivity contribution is 6.00. The van der Waals surface area contributed by atoms with Crippen molar-refractivity contribution in [2.24, 2.45) is 0 Å². The molecular weight excluding hydrogens is 150 g/mol. The monoisotopic (exact) mass is 155 g/mol. The highest BCUT2D eigenvalue weighted by Gasteiger charge is 2.10. The molecule has 0 atom stereocenters. The van der Waals surface area contributed by atoms with Gasteiger partial charge in [-0.05, 0) is 12.1 Å². The lowest BCUT2D eigenvalue weighted by Crippen LogP contribution is -2.28. The van der Waals surface area contributed by atoms with Gasteiger partial charge < -0.3 is 9.52 Å². The van der Waals surface area contributed by atoms with E-state index in [1.54, 1.807) is 5.32 Å². The minimum absolute atomic E-state index is 0.0209. The van der Waals surface area contributed by atoms with E-state index in [-0.39, 0.29) is 5.76 Å². The quantitative estimate of drug-likeness (QED) is 0.625. The Kier molecular flexibility index (Phi) is 1.91. The molecule has 0 radical (unpaired) electrons. The number of imide groups is 1. The number of amides is 2. The van der Waals surface area contributed by atoms with Crippen LogP contribution in [0.25, 0.3) is 0 Å². The van der Waals surface area contributed by atoms with E-state index in [9.17, 15) is 9.59 Å². The van der Waals surface area contributed by atoms with Crippen molar-refractivity contribution < 1.29 is 19.1 Å². The van der Waals surface area contributed by atoms with Crippen LogP contribution in [0.1, 0.15) is 10.6 Å². The van der Waals surface area contributed by atoms with Gasteiger partial charge in [-0.1, -0.05) is 0 Å². The number of nitrogens with one attached hydrogen (secondary N) is 1. The Morgan fingerprint density at radius 3 is 2.73 bits per heavy atom. The normalized spacial score (nSPS) is 9.09. The smallest absolute Gasteiger partial charge is 0.411 e. The summed E-state index contributed by atoms with van der Waals surface area (Å²) in [5.74, 6) is -0.782. The molecule has 11 heavy (non-hydrogen) atoms. The van der Waals surface area contributed by atoms with Gasteiger partial charge in [0, 0.05) is 0 Å². The number of carbonyl (C=O) groups is 2. The minimum atomic E-state index is -1.40. The van der Waals surface area contributed by atoms with Crippen LogP contribution in [0.5, 0.6) is 0 Å². The van der Waals surface area contributed by atoms with E-state index in [2.05, 4.69) is 4.42 Å². The van der Waals surface area contributed by atoms with Gasteiger partial charge >= 0.3 is 6.09 Å². The molecule has 0 saturated carbocycles. The molecule has 0 unspecified atom stereocenters. The van der Waals surface area contributed by atoms with Crippen molar-refractivity contribution in [2.45, 2.75) is 0 Å². The molecule has 0 aliphatic carbocycles. The Labute approximate surface area is 61.6 Å². The maximum absolute atomic E-state index is 10.7. The fourth-order valence-electron chi connectivity index (χ4n) is 0.566. The Hall–Kier alpha value is -1.78. The third-order valence-electron chi connectivity index (χ3n) is 0.965. The maximum Gasteiger partial charge on any atom is 0.411 e. The average Bonchev–Trinajstić information content (AvgIpc) is 2.35. The van der Waals surface area contributed by atoms with Crippen LogP contribution >= 0.6 is 0 Å². The number of furan rings is 1. The second-order valence-corrected chi connectivity index (χ2v) is 1.74. The van der Waals surface area contributed by atoms with Crippen LogP contribution in [0.4, 0.5) is 4.79 Å². The minimum Gasteiger partial charge on any atom is -0.465 e. The molecule has 0 aliphatic rings. The summed E-state index contributed by atoms with van der Waals surface area (Å²) in [4.78, 5) is 20.7. The summed E-state index contributed by atoms with van der Waals surface area (Å²) in [6, 6.07) is 2.87. The largest absolute Gasteiger partial charge is 0.465 e. The molecule has 0 spiro atoms. The van der Waals surface area contributed by atoms with Gasteiger partial charge in [-0.15, -0.1) is 0 Å². The zero-order chi connectivity index (χ0) is 8.27. The van der Waals surface area contributed by atoms with Gasteiger partial charge in [-0.3, -0.25) is 10.1 Å². The van der Waals surface area contributed by atoms with Crippen molar-refractivity contribution in [3.63, 3.8) is 0 Å². The van der Waals surface area contributed by atoms with Crippen molar-refractivity contribution in [1.29, 1.82) is 0 Å². The summed E-state index contributed by atoms with van der Waals surface area (Å²) in [6.07, 6.45) is -0.108. The predicted molar refractivity (Wildman–Crippen MR) is 34.2 cm³/mol. The molecule has 5 nitrogen and oxygen atoms in total. The van der Waals surface area contributed by atoms with Gasteiger partial charge in [-0.25, -0.2) is 4.79 Å². The van der Waals surface area contributed by atoms with Gasteiger partial charge in [0.25, 0.3) is 5.91 Å². The van der Waals surface area contributed by atoms with E-state index in [4.69, 9.17) is 5.11 Å². The van der Waals surface area contributed by atoms with Crippen LogP contribution in [0.3, 0.4) is 0 Å². The summed E-state index contributed by atoms with van der Waals surface area (Å²) in [6.45, 7) is 0. The highest BCUT2D eigenvalue weighted by Crippen LogP contribution is 1.98. The second-order valence-electron chi connectivity index (χ2n) is 1.74. The lowest BCUT2D eigenvalue weighted by molar-refractivity contribution is 0.0920. The van der Waals surface area contributed by atoms with Gasteiger partial charge in [0.15, 0.2) is 5.76 Å². The topological polar surface area (TPSA) is 79.5 Å². The fourth-order valence-corrected chi connectivity index (χ4v) is 0.566. The molecule has 58 valence electrons. The molecule has 1 heterocycles. The van der Waals surface area contributed by atoms with Crippen LogP contribution in [-0.2, 0) is 0 Å². The van der Waals surface area contributed by atoms with Gasteiger partial charge in [0.1, 0.15) is 0 Å². The van der Waals surface area contributed by atoms with E-state index in [1.807, 2.05) is 0 Å². The van der Waals surface area contributed by atoms with Crippen LogP contribution in [0.15, 0.2) is 22.8 Å². The Morgan fingerprint density at radius 2 is 2.27 bits per heavy atom. The lowest BCUT2D eigenvalue weighted by atomic mass is 10.4. The lowest BCUT2D eigenvalue weighted by Gasteiger charge is -1.93. The van der Waals surface area contributed by atoms with Crippen molar-refractivity contribution in [3.05, 3.63) is 24.2 Å². The first-order valence-corrected chi connectivity index (χ1v) is 2.78. The van der Waals surface area contributed by atoms with E-state index in [0.717, 1.165) is 0 Å². The van der Waals surface area contributed by atoms with Crippen molar-refractivity contribution >= 4 is 12.0 Å². The van der Waals surface area contributed by atoms with E-state index >= 15 is 0 Å². The molecule has 1 aromatic rings. The molecule has 0 fully saturated rings. The van der Waals surface area contributed by atoms with Crippen molar-refractivity contribution in [2.75, 3.05) is 0 Å². The van der Waals surface area contributed by atoms with Crippen LogP contribution in [0, 0.1) is 0 Å². The SMILES string of the molecule is O=C(O)NC(=O)c1ccco1. The second kappa shape index (κ2) is 2.87. The third kappa shape index (κ3) is 1.82.